The van der Waals surface area contributed by atoms with Gasteiger partial charge in [0.25, 0.3) is 0 Å². The van der Waals surface area contributed by atoms with Crippen molar-refractivity contribution in [2.24, 2.45) is 5.73 Å². The zero-order valence-electron chi connectivity index (χ0n) is 12.9. The van der Waals surface area contributed by atoms with Crippen LogP contribution in [0.25, 0.3) is 0 Å². The molecule has 0 fully saturated rings. The van der Waals surface area contributed by atoms with Gasteiger partial charge >= 0.3 is 0 Å². The summed E-state index contributed by atoms with van der Waals surface area (Å²) in [5.74, 6) is 1.01. The lowest BCUT2D eigenvalue weighted by Gasteiger charge is -2.23. The fourth-order valence-corrected chi connectivity index (χ4v) is 2.36. The maximum Gasteiger partial charge on any atom is 0.129 e. The molecule has 0 aliphatic carbocycles. The highest BCUT2D eigenvalue weighted by molar-refractivity contribution is 5.43. The predicted octanol–water partition coefficient (Wildman–Crippen LogP) is 2.91. The summed E-state index contributed by atoms with van der Waals surface area (Å²) < 4.78 is 0. The van der Waals surface area contributed by atoms with Crippen LogP contribution in [-0.2, 0) is 19.5 Å². The Balaban J connectivity index is 2.26. The summed E-state index contributed by atoms with van der Waals surface area (Å²) >= 11 is 0. The number of aromatic nitrogens is 2. The van der Waals surface area contributed by atoms with Crippen molar-refractivity contribution in [3.05, 3.63) is 53.5 Å². The van der Waals surface area contributed by atoms with Gasteiger partial charge in [-0.25, -0.2) is 4.98 Å². The van der Waals surface area contributed by atoms with Crippen LogP contribution < -0.4 is 10.6 Å². The molecule has 0 unspecified atom stereocenters. The molecular formula is C17H24N4. The smallest absolute Gasteiger partial charge is 0.129 e. The van der Waals surface area contributed by atoms with Crippen molar-refractivity contribution in [1.82, 2.24) is 9.97 Å². The average Bonchev–Trinajstić information content (AvgIpc) is 2.53. The molecule has 0 aromatic carbocycles. The standard InChI is InChI=1S/C17H24N4/c1-3-5-16-10-15(12-18)11-17(20-16)21(4-2)13-14-6-8-19-9-7-14/h6-11H,3-5,12-13,18H2,1-2H3. The van der Waals surface area contributed by atoms with Crippen molar-refractivity contribution < 1.29 is 0 Å². The Morgan fingerprint density at radius 2 is 1.86 bits per heavy atom. The number of rotatable bonds is 7. The van der Waals surface area contributed by atoms with Crippen molar-refractivity contribution in [2.75, 3.05) is 11.4 Å². The molecule has 0 atom stereocenters. The summed E-state index contributed by atoms with van der Waals surface area (Å²) in [7, 11) is 0. The maximum absolute atomic E-state index is 5.82. The van der Waals surface area contributed by atoms with E-state index in [0.717, 1.165) is 43.0 Å². The average molecular weight is 284 g/mol. The number of pyridine rings is 2. The summed E-state index contributed by atoms with van der Waals surface area (Å²) in [5.41, 5.74) is 9.34. The third-order valence-electron chi connectivity index (χ3n) is 3.50. The van der Waals surface area contributed by atoms with Crippen LogP contribution in [0.5, 0.6) is 0 Å². The van der Waals surface area contributed by atoms with E-state index in [1.54, 1.807) is 0 Å². The molecule has 0 radical (unpaired) electrons. The summed E-state index contributed by atoms with van der Waals surface area (Å²) in [5, 5.41) is 0. The first-order valence-corrected chi connectivity index (χ1v) is 7.60. The van der Waals surface area contributed by atoms with Crippen LogP contribution in [0.2, 0.25) is 0 Å². The van der Waals surface area contributed by atoms with E-state index >= 15 is 0 Å². The molecule has 2 N–H and O–H groups in total. The number of hydrogen-bond donors (Lipinski definition) is 1. The fourth-order valence-electron chi connectivity index (χ4n) is 2.36. The Kier molecular flexibility index (Phi) is 5.69. The van der Waals surface area contributed by atoms with Crippen molar-refractivity contribution in [3.8, 4) is 0 Å². The summed E-state index contributed by atoms with van der Waals surface area (Å²) in [6.45, 7) is 6.63. The van der Waals surface area contributed by atoms with E-state index < -0.39 is 0 Å². The highest BCUT2D eigenvalue weighted by atomic mass is 15.2. The van der Waals surface area contributed by atoms with Gasteiger partial charge in [0, 0.05) is 37.7 Å². The predicted molar refractivity (Wildman–Crippen MR) is 87.1 cm³/mol. The molecule has 0 saturated carbocycles. The molecule has 0 saturated heterocycles. The molecule has 0 aliphatic rings. The first kappa shape index (κ1) is 15.4. The normalized spacial score (nSPS) is 10.6. The SMILES string of the molecule is CCCc1cc(CN)cc(N(CC)Cc2ccncc2)n1. The van der Waals surface area contributed by atoms with Gasteiger partial charge < -0.3 is 10.6 Å². The minimum atomic E-state index is 0.555. The van der Waals surface area contributed by atoms with Gasteiger partial charge in [0.05, 0.1) is 0 Å². The molecule has 0 aliphatic heterocycles. The molecule has 2 heterocycles. The fraction of sp³-hybridized carbons (Fsp3) is 0.412. The van der Waals surface area contributed by atoms with Crippen LogP contribution in [-0.4, -0.2) is 16.5 Å². The zero-order valence-corrected chi connectivity index (χ0v) is 12.9. The summed E-state index contributed by atoms with van der Waals surface area (Å²) in [6.07, 6.45) is 5.75. The summed E-state index contributed by atoms with van der Waals surface area (Å²) in [6, 6.07) is 8.31. The number of anilines is 1. The molecule has 2 aromatic rings. The molecule has 0 spiro atoms. The number of nitrogens with zero attached hydrogens (tertiary/aromatic N) is 3. The second-order valence-corrected chi connectivity index (χ2v) is 5.15. The monoisotopic (exact) mass is 284 g/mol. The van der Waals surface area contributed by atoms with E-state index in [4.69, 9.17) is 10.7 Å². The van der Waals surface area contributed by atoms with Gasteiger partial charge in [0.15, 0.2) is 0 Å². The third kappa shape index (κ3) is 4.26. The third-order valence-corrected chi connectivity index (χ3v) is 3.50. The highest BCUT2D eigenvalue weighted by Gasteiger charge is 2.09. The minimum Gasteiger partial charge on any atom is -0.353 e. The quantitative estimate of drug-likeness (QED) is 0.849. The topological polar surface area (TPSA) is 55.0 Å². The minimum absolute atomic E-state index is 0.555. The number of aryl methyl sites for hydroxylation is 1. The molecular weight excluding hydrogens is 260 g/mol. The van der Waals surface area contributed by atoms with E-state index in [1.165, 1.54) is 5.56 Å². The number of nitrogens with two attached hydrogens (primary N) is 1. The van der Waals surface area contributed by atoms with Crippen LogP contribution in [0, 0.1) is 0 Å². The van der Waals surface area contributed by atoms with Gasteiger partial charge in [-0.2, -0.15) is 0 Å². The van der Waals surface area contributed by atoms with Crippen LogP contribution in [0.4, 0.5) is 5.82 Å². The molecule has 4 nitrogen and oxygen atoms in total. The van der Waals surface area contributed by atoms with E-state index in [-0.39, 0.29) is 0 Å². The maximum atomic E-state index is 5.82. The first-order valence-electron chi connectivity index (χ1n) is 7.60. The van der Waals surface area contributed by atoms with Crippen molar-refractivity contribution in [2.45, 2.75) is 39.8 Å². The zero-order chi connectivity index (χ0) is 15.1. The van der Waals surface area contributed by atoms with Gasteiger partial charge in [0.1, 0.15) is 5.82 Å². The molecule has 2 aromatic heterocycles. The van der Waals surface area contributed by atoms with Crippen molar-refractivity contribution in [1.29, 1.82) is 0 Å². The van der Waals surface area contributed by atoms with Crippen molar-refractivity contribution >= 4 is 5.82 Å². The number of hydrogen-bond acceptors (Lipinski definition) is 4. The van der Waals surface area contributed by atoms with Gasteiger partial charge in [-0.15, -0.1) is 0 Å². The van der Waals surface area contributed by atoms with Gasteiger partial charge in [-0.1, -0.05) is 13.3 Å². The Labute approximate surface area is 127 Å². The highest BCUT2D eigenvalue weighted by Crippen LogP contribution is 2.18. The second kappa shape index (κ2) is 7.74. The lowest BCUT2D eigenvalue weighted by atomic mass is 10.1. The van der Waals surface area contributed by atoms with Crippen LogP contribution in [0.1, 0.15) is 37.1 Å². The molecule has 0 bridgehead atoms. The van der Waals surface area contributed by atoms with E-state index in [9.17, 15) is 0 Å². The lowest BCUT2D eigenvalue weighted by Crippen LogP contribution is -2.24. The van der Waals surface area contributed by atoms with Crippen LogP contribution in [0.3, 0.4) is 0 Å². The lowest BCUT2D eigenvalue weighted by molar-refractivity contribution is 0.793. The van der Waals surface area contributed by atoms with Gasteiger partial charge in [-0.05, 0) is 48.7 Å². The molecule has 112 valence electrons. The molecule has 21 heavy (non-hydrogen) atoms. The Bertz CT molecular complexity index is 554. The molecule has 0 amide bonds. The van der Waals surface area contributed by atoms with E-state index in [2.05, 4.69) is 35.9 Å². The Morgan fingerprint density at radius 1 is 1.10 bits per heavy atom. The van der Waals surface area contributed by atoms with Crippen LogP contribution >= 0.6 is 0 Å². The van der Waals surface area contributed by atoms with Gasteiger partial charge in [0.2, 0.25) is 0 Å². The first-order chi connectivity index (χ1) is 10.3. The second-order valence-electron chi connectivity index (χ2n) is 5.15. The molecule has 4 heteroatoms. The van der Waals surface area contributed by atoms with E-state index in [0.29, 0.717) is 6.54 Å². The summed E-state index contributed by atoms with van der Waals surface area (Å²) in [4.78, 5) is 11.1. The van der Waals surface area contributed by atoms with Gasteiger partial charge in [-0.3, -0.25) is 4.98 Å². The largest absolute Gasteiger partial charge is 0.353 e. The van der Waals surface area contributed by atoms with Crippen LogP contribution in [0.15, 0.2) is 36.7 Å². The Morgan fingerprint density at radius 3 is 2.48 bits per heavy atom. The van der Waals surface area contributed by atoms with E-state index in [1.807, 2.05) is 24.5 Å². The Hall–Kier alpha value is -1.94. The van der Waals surface area contributed by atoms with Crippen molar-refractivity contribution in [3.63, 3.8) is 0 Å². The molecule has 2 rings (SSSR count).